The maximum absolute atomic E-state index is 11.9. The van der Waals surface area contributed by atoms with Crippen LogP contribution >= 0.6 is 0 Å². The lowest BCUT2D eigenvalue weighted by molar-refractivity contribution is 0.187. The second kappa shape index (κ2) is 7.15. The number of carboxylic acid groups (broad SMARTS) is 1. The van der Waals surface area contributed by atoms with Crippen LogP contribution in [0.5, 0.6) is 5.75 Å². The van der Waals surface area contributed by atoms with E-state index >= 15 is 0 Å². The molecule has 1 rings (SSSR count). The fraction of sp³-hybridized carbons (Fsp3) is 0.500. The Balaban J connectivity index is 2.88. The summed E-state index contributed by atoms with van der Waals surface area (Å²) in [5, 5.41) is 12.0. The third kappa shape index (κ3) is 4.95. The molecule has 6 heteroatoms. The van der Waals surface area contributed by atoms with E-state index in [0.717, 1.165) is 6.42 Å². The number of nitrogens with zero attached hydrogens (tertiary/aromatic N) is 1. The number of amides is 2. The Morgan fingerprint density at radius 3 is 2.50 bits per heavy atom. The quantitative estimate of drug-likeness (QED) is 0.865. The van der Waals surface area contributed by atoms with E-state index in [0.29, 0.717) is 11.4 Å². The van der Waals surface area contributed by atoms with Crippen molar-refractivity contribution in [3.05, 3.63) is 24.3 Å². The van der Waals surface area contributed by atoms with Gasteiger partial charge in [-0.15, -0.1) is 0 Å². The average molecular weight is 308 g/mol. The minimum absolute atomic E-state index is 0.222. The van der Waals surface area contributed by atoms with Crippen LogP contribution in [0.3, 0.4) is 0 Å². The van der Waals surface area contributed by atoms with Gasteiger partial charge in [0.1, 0.15) is 5.75 Å². The number of hydrogen-bond donors (Lipinski definition) is 2. The Hall–Kier alpha value is -2.24. The predicted octanol–water partition coefficient (Wildman–Crippen LogP) is 3.86. The van der Waals surface area contributed by atoms with Crippen LogP contribution in [-0.4, -0.2) is 28.9 Å². The summed E-state index contributed by atoms with van der Waals surface area (Å²) in [6, 6.07) is 6.24. The molecule has 0 aliphatic heterocycles. The molecule has 0 saturated carbocycles. The van der Waals surface area contributed by atoms with E-state index in [-0.39, 0.29) is 11.6 Å². The van der Waals surface area contributed by atoms with Gasteiger partial charge < -0.3 is 15.2 Å². The topological polar surface area (TPSA) is 78.9 Å². The second-order valence-electron chi connectivity index (χ2n) is 6.00. The molecule has 0 unspecified atom stereocenters. The molecule has 6 nitrogen and oxygen atoms in total. The smallest absolute Gasteiger partial charge is 0.413 e. The maximum Gasteiger partial charge on any atom is 0.413 e. The van der Waals surface area contributed by atoms with Crippen LogP contribution in [0.4, 0.5) is 15.3 Å². The summed E-state index contributed by atoms with van der Waals surface area (Å²) in [6.45, 7) is 9.32. The van der Waals surface area contributed by atoms with E-state index in [1.165, 1.54) is 11.0 Å². The monoisotopic (exact) mass is 308 g/mol. The van der Waals surface area contributed by atoms with Gasteiger partial charge in [-0.25, -0.2) is 9.59 Å². The first-order valence-corrected chi connectivity index (χ1v) is 7.28. The number of hydrogen-bond acceptors (Lipinski definition) is 3. The molecule has 0 radical (unpaired) electrons. The van der Waals surface area contributed by atoms with Crippen molar-refractivity contribution in [3.8, 4) is 5.75 Å². The third-order valence-electron chi connectivity index (χ3n) is 3.35. The van der Waals surface area contributed by atoms with Gasteiger partial charge in [0.25, 0.3) is 0 Å². The molecular weight excluding hydrogens is 284 g/mol. The van der Waals surface area contributed by atoms with E-state index < -0.39 is 12.2 Å². The summed E-state index contributed by atoms with van der Waals surface area (Å²) >= 11 is 0. The van der Waals surface area contributed by atoms with Crippen LogP contribution in [-0.2, 0) is 0 Å². The predicted molar refractivity (Wildman–Crippen MR) is 85.6 cm³/mol. The van der Waals surface area contributed by atoms with Gasteiger partial charge in [-0.2, -0.15) is 0 Å². The van der Waals surface area contributed by atoms with Crippen molar-refractivity contribution in [1.29, 1.82) is 0 Å². The summed E-state index contributed by atoms with van der Waals surface area (Å²) < 4.78 is 5.23. The molecule has 0 spiro atoms. The van der Waals surface area contributed by atoms with Gasteiger partial charge in [-0.05, 0) is 46.2 Å². The second-order valence-corrected chi connectivity index (χ2v) is 6.00. The first-order valence-electron chi connectivity index (χ1n) is 7.28. The third-order valence-corrected chi connectivity index (χ3v) is 3.35. The summed E-state index contributed by atoms with van der Waals surface area (Å²) in [6.07, 6.45) is -0.846. The molecule has 0 saturated heterocycles. The van der Waals surface area contributed by atoms with Gasteiger partial charge in [0.05, 0.1) is 5.69 Å². The molecule has 22 heavy (non-hydrogen) atoms. The fourth-order valence-corrected chi connectivity index (χ4v) is 1.82. The fourth-order valence-electron chi connectivity index (χ4n) is 1.82. The minimum atomic E-state index is -1.05. The highest BCUT2D eigenvalue weighted by molar-refractivity contribution is 5.87. The van der Waals surface area contributed by atoms with Crippen LogP contribution in [0.1, 0.15) is 41.0 Å². The van der Waals surface area contributed by atoms with Gasteiger partial charge in [0.2, 0.25) is 0 Å². The van der Waals surface area contributed by atoms with E-state index in [1.807, 2.05) is 20.8 Å². The zero-order chi connectivity index (χ0) is 16.9. The number of rotatable bonds is 5. The number of ether oxygens (including phenoxy) is 1. The Bertz CT molecular complexity index is 541. The van der Waals surface area contributed by atoms with Gasteiger partial charge in [0, 0.05) is 17.6 Å². The van der Waals surface area contributed by atoms with Gasteiger partial charge in [-0.3, -0.25) is 4.90 Å². The number of carbonyl (C=O) groups is 2. The molecule has 1 aromatic carbocycles. The van der Waals surface area contributed by atoms with E-state index in [9.17, 15) is 14.7 Å². The van der Waals surface area contributed by atoms with Crippen LogP contribution in [0, 0.1) is 0 Å². The van der Waals surface area contributed by atoms with E-state index in [4.69, 9.17) is 4.74 Å². The molecule has 0 fully saturated rings. The SMILES string of the molecule is CCC(C)(C)NC(=O)Oc1cccc(N(C(=O)O)C(C)C)c1. The summed E-state index contributed by atoms with van der Waals surface area (Å²) in [5.41, 5.74) is 0.0993. The molecule has 2 N–H and O–H groups in total. The highest BCUT2D eigenvalue weighted by Crippen LogP contribution is 2.23. The molecule has 0 heterocycles. The lowest BCUT2D eigenvalue weighted by Crippen LogP contribution is -2.44. The van der Waals surface area contributed by atoms with Crippen LogP contribution in [0.15, 0.2) is 24.3 Å². The van der Waals surface area contributed by atoms with Crippen molar-refractivity contribution < 1.29 is 19.4 Å². The van der Waals surface area contributed by atoms with Crippen molar-refractivity contribution in [3.63, 3.8) is 0 Å². The first kappa shape index (κ1) is 17.8. The van der Waals surface area contributed by atoms with Crippen molar-refractivity contribution in [1.82, 2.24) is 5.32 Å². The van der Waals surface area contributed by atoms with Crippen molar-refractivity contribution >= 4 is 17.9 Å². The zero-order valence-electron chi connectivity index (χ0n) is 13.7. The number of carbonyl (C=O) groups excluding carboxylic acids is 1. The Morgan fingerprint density at radius 1 is 1.36 bits per heavy atom. The highest BCUT2D eigenvalue weighted by Gasteiger charge is 2.21. The van der Waals surface area contributed by atoms with E-state index in [1.54, 1.807) is 32.0 Å². The molecule has 0 aliphatic carbocycles. The minimum Gasteiger partial charge on any atom is -0.465 e. The molecule has 2 amide bonds. The van der Waals surface area contributed by atoms with Crippen molar-refractivity contribution in [2.75, 3.05) is 4.90 Å². The van der Waals surface area contributed by atoms with Gasteiger partial charge in [0.15, 0.2) is 0 Å². The van der Waals surface area contributed by atoms with Gasteiger partial charge in [-0.1, -0.05) is 13.0 Å². The molecule has 0 aliphatic rings. The number of benzene rings is 1. The number of anilines is 1. The Kier molecular flexibility index (Phi) is 5.79. The number of nitrogens with one attached hydrogen (secondary N) is 1. The van der Waals surface area contributed by atoms with Crippen molar-refractivity contribution in [2.24, 2.45) is 0 Å². The molecule has 0 bridgehead atoms. The normalized spacial score (nSPS) is 11.2. The van der Waals surface area contributed by atoms with Crippen molar-refractivity contribution in [2.45, 2.75) is 52.6 Å². The molecule has 1 aromatic rings. The van der Waals surface area contributed by atoms with Gasteiger partial charge >= 0.3 is 12.2 Å². The first-order chi connectivity index (χ1) is 10.2. The lowest BCUT2D eigenvalue weighted by atomic mass is 10.0. The molecule has 122 valence electrons. The summed E-state index contributed by atoms with van der Waals surface area (Å²) in [5.74, 6) is 0.300. The summed E-state index contributed by atoms with van der Waals surface area (Å²) in [7, 11) is 0. The highest BCUT2D eigenvalue weighted by atomic mass is 16.6. The zero-order valence-corrected chi connectivity index (χ0v) is 13.7. The molecule has 0 atom stereocenters. The molecular formula is C16H24N2O4. The maximum atomic E-state index is 11.9. The lowest BCUT2D eigenvalue weighted by Gasteiger charge is -2.25. The van der Waals surface area contributed by atoms with Crippen LogP contribution in [0.25, 0.3) is 0 Å². The standard InChI is InChI=1S/C16H24N2O4/c1-6-16(4,5)17-14(19)22-13-9-7-8-12(10-13)18(11(2)3)15(20)21/h7-11H,6H2,1-5H3,(H,17,19)(H,20,21). The van der Waals surface area contributed by atoms with Crippen LogP contribution in [0.2, 0.25) is 0 Å². The Labute approximate surface area is 131 Å². The summed E-state index contributed by atoms with van der Waals surface area (Å²) in [4.78, 5) is 24.4. The molecule has 0 aromatic heterocycles. The largest absolute Gasteiger partial charge is 0.465 e. The van der Waals surface area contributed by atoms with Crippen LogP contribution < -0.4 is 15.0 Å². The van der Waals surface area contributed by atoms with E-state index in [2.05, 4.69) is 5.32 Å². The Morgan fingerprint density at radius 2 is 2.00 bits per heavy atom. The average Bonchev–Trinajstić information content (AvgIpc) is 2.37.